The smallest absolute Gasteiger partial charge is 0.255 e. The van der Waals surface area contributed by atoms with E-state index in [2.05, 4.69) is 11.4 Å². The van der Waals surface area contributed by atoms with Crippen LogP contribution in [-0.2, 0) is 0 Å². The number of fused-ring (bicyclic) bond motifs is 1. The molecule has 0 aromatic heterocycles. The Hall–Kier alpha value is -1.95. The Bertz CT molecular complexity index is 524. The number of amides is 1. The maximum Gasteiger partial charge on any atom is 0.255 e. The number of rotatable bonds is 0. The van der Waals surface area contributed by atoms with Crippen LogP contribution in [0.1, 0.15) is 42.5 Å². The molecule has 0 bridgehead atoms. The molecule has 1 amide bonds. The molecule has 0 saturated heterocycles. The van der Waals surface area contributed by atoms with Gasteiger partial charge in [-0.05, 0) is 37.8 Å². The Labute approximate surface area is 107 Å². The molecule has 2 aliphatic rings. The zero-order valence-corrected chi connectivity index (χ0v) is 10.3. The maximum absolute atomic E-state index is 12.2. The van der Waals surface area contributed by atoms with Crippen LogP contribution >= 0.6 is 0 Å². The van der Waals surface area contributed by atoms with Crippen LogP contribution in [0.5, 0.6) is 0 Å². The number of terminal acetylenes is 1. The van der Waals surface area contributed by atoms with E-state index in [1.807, 2.05) is 29.2 Å². The van der Waals surface area contributed by atoms with Crippen LogP contribution in [-0.4, -0.2) is 11.6 Å². The molecule has 1 aliphatic heterocycles. The Kier molecular flexibility index (Phi) is 2.52. The lowest BCUT2D eigenvalue weighted by atomic mass is 9.85. The first-order valence-corrected chi connectivity index (χ1v) is 6.45. The van der Waals surface area contributed by atoms with Crippen molar-refractivity contribution in [2.24, 2.45) is 0 Å². The van der Waals surface area contributed by atoms with Crippen molar-refractivity contribution in [3.05, 3.63) is 29.8 Å². The van der Waals surface area contributed by atoms with Gasteiger partial charge in [-0.15, -0.1) is 0 Å². The van der Waals surface area contributed by atoms with Crippen LogP contribution in [0.4, 0.5) is 5.69 Å². The van der Waals surface area contributed by atoms with Crippen molar-refractivity contribution in [1.29, 1.82) is 0 Å². The maximum atomic E-state index is 12.2. The lowest BCUT2D eigenvalue weighted by Crippen LogP contribution is -2.63. The van der Waals surface area contributed by atoms with E-state index in [9.17, 15) is 4.79 Å². The lowest BCUT2D eigenvalue weighted by molar-refractivity contribution is 0.0856. The average molecular weight is 240 g/mol. The minimum Gasteiger partial charge on any atom is -0.328 e. The fraction of sp³-hybridized carbons (Fsp3) is 0.400. The summed E-state index contributed by atoms with van der Waals surface area (Å²) in [5.41, 5.74) is 1.18. The largest absolute Gasteiger partial charge is 0.328 e. The van der Waals surface area contributed by atoms with Crippen LogP contribution in [0.2, 0.25) is 0 Å². The number of hydrogen-bond donors (Lipinski definition) is 1. The minimum atomic E-state index is -0.363. The van der Waals surface area contributed by atoms with Gasteiger partial charge in [-0.2, -0.15) is 0 Å². The number of carbonyl (C=O) groups excluding carboxylic acids is 1. The minimum absolute atomic E-state index is 0.000926. The molecular weight excluding hydrogens is 224 g/mol. The van der Waals surface area contributed by atoms with Gasteiger partial charge in [-0.25, -0.2) is 0 Å². The highest BCUT2D eigenvalue weighted by molar-refractivity contribution is 6.03. The third-order valence-electron chi connectivity index (χ3n) is 3.97. The first-order chi connectivity index (χ1) is 8.77. The quantitative estimate of drug-likeness (QED) is 0.707. The molecule has 0 radical (unpaired) electrons. The van der Waals surface area contributed by atoms with Gasteiger partial charge in [0.2, 0.25) is 0 Å². The summed E-state index contributed by atoms with van der Waals surface area (Å²) in [5, 5.41) is 3.13. The number of anilines is 1. The molecule has 1 aromatic rings. The molecule has 1 heterocycles. The predicted octanol–water partition coefficient (Wildman–Crippen LogP) is 2.49. The van der Waals surface area contributed by atoms with E-state index in [1.54, 1.807) is 0 Å². The van der Waals surface area contributed by atoms with Gasteiger partial charge in [0.1, 0.15) is 5.66 Å². The molecule has 1 fully saturated rings. The van der Waals surface area contributed by atoms with Gasteiger partial charge in [0.15, 0.2) is 0 Å². The van der Waals surface area contributed by atoms with Crippen molar-refractivity contribution in [2.45, 2.75) is 37.8 Å². The fourth-order valence-electron chi connectivity index (χ4n) is 3.10. The summed E-state index contributed by atoms with van der Waals surface area (Å²) < 4.78 is 0. The number of benzene rings is 1. The molecule has 1 aromatic carbocycles. The van der Waals surface area contributed by atoms with Crippen molar-refractivity contribution in [2.75, 3.05) is 4.90 Å². The van der Waals surface area contributed by atoms with E-state index in [0.29, 0.717) is 5.56 Å². The highest BCUT2D eigenvalue weighted by Crippen LogP contribution is 2.39. The third-order valence-corrected chi connectivity index (χ3v) is 3.97. The first-order valence-electron chi connectivity index (χ1n) is 6.45. The summed E-state index contributed by atoms with van der Waals surface area (Å²) in [5.74, 6) is -0.000926. The van der Waals surface area contributed by atoms with E-state index < -0.39 is 0 Å². The summed E-state index contributed by atoms with van der Waals surface area (Å²) in [6.45, 7) is 0. The van der Waals surface area contributed by atoms with Crippen molar-refractivity contribution in [1.82, 2.24) is 5.32 Å². The molecular formula is C15H16N2O. The molecule has 3 rings (SSSR count). The summed E-state index contributed by atoms with van der Waals surface area (Å²) in [6.07, 6.45) is 11.0. The molecule has 3 heteroatoms. The Morgan fingerprint density at radius 1 is 1.22 bits per heavy atom. The van der Waals surface area contributed by atoms with Crippen LogP contribution in [0.15, 0.2) is 24.3 Å². The standard InChI is InChI=1S/C15H16N2O/c1-2-17-13-9-5-4-8-12(13)14(18)16-15(17)10-6-3-7-11-15/h1,4-5,8-9H,3,6-7,10-11H2,(H,16,18). The summed E-state index contributed by atoms with van der Waals surface area (Å²) in [6, 6.07) is 10.3. The zero-order valence-electron chi connectivity index (χ0n) is 10.3. The third kappa shape index (κ3) is 1.49. The summed E-state index contributed by atoms with van der Waals surface area (Å²) in [7, 11) is 0. The molecule has 1 N–H and O–H groups in total. The first kappa shape index (κ1) is 11.2. The average Bonchev–Trinajstić information content (AvgIpc) is 2.40. The molecule has 92 valence electrons. The number of hydrogen-bond acceptors (Lipinski definition) is 2. The molecule has 1 saturated carbocycles. The number of para-hydroxylation sites is 1. The monoisotopic (exact) mass is 240 g/mol. The Balaban J connectivity index is 2.11. The second kappa shape index (κ2) is 4.06. The number of nitrogens with zero attached hydrogens (tertiary/aromatic N) is 1. The van der Waals surface area contributed by atoms with Gasteiger partial charge >= 0.3 is 0 Å². The normalized spacial score (nSPS) is 21.1. The molecule has 1 aliphatic carbocycles. The van der Waals surface area contributed by atoms with Gasteiger partial charge in [0.05, 0.1) is 11.3 Å². The van der Waals surface area contributed by atoms with Crippen molar-refractivity contribution in [3.8, 4) is 12.5 Å². The summed E-state index contributed by atoms with van der Waals surface area (Å²) in [4.78, 5) is 14.1. The van der Waals surface area contributed by atoms with E-state index in [-0.39, 0.29) is 11.6 Å². The Morgan fingerprint density at radius 3 is 2.67 bits per heavy atom. The predicted molar refractivity (Wildman–Crippen MR) is 71.0 cm³/mol. The van der Waals surface area contributed by atoms with Gasteiger partial charge in [-0.3, -0.25) is 9.69 Å². The van der Waals surface area contributed by atoms with Crippen molar-refractivity contribution >= 4 is 11.6 Å². The van der Waals surface area contributed by atoms with E-state index in [0.717, 1.165) is 31.4 Å². The molecule has 0 atom stereocenters. The molecule has 18 heavy (non-hydrogen) atoms. The van der Waals surface area contributed by atoms with Crippen molar-refractivity contribution in [3.63, 3.8) is 0 Å². The van der Waals surface area contributed by atoms with Gasteiger partial charge in [0, 0.05) is 6.04 Å². The number of carbonyl (C=O) groups is 1. The van der Waals surface area contributed by atoms with Crippen molar-refractivity contribution < 1.29 is 4.79 Å². The highest BCUT2D eigenvalue weighted by Gasteiger charge is 2.43. The van der Waals surface area contributed by atoms with Gasteiger partial charge in [0.25, 0.3) is 5.91 Å². The summed E-state index contributed by atoms with van der Waals surface area (Å²) >= 11 is 0. The van der Waals surface area contributed by atoms with Gasteiger partial charge < -0.3 is 5.32 Å². The van der Waals surface area contributed by atoms with Crippen LogP contribution in [0.3, 0.4) is 0 Å². The molecule has 1 spiro atoms. The second-order valence-electron chi connectivity index (χ2n) is 5.03. The van der Waals surface area contributed by atoms with Crippen LogP contribution < -0.4 is 10.2 Å². The van der Waals surface area contributed by atoms with Crippen LogP contribution in [0.25, 0.3) is 0 Å². The lowest BCUT2D eigenvalue weighted by Gasteiger charge is -2.48. The van der Waals surface area contributed by atoms with Crippen LogP contribution in [0, 0.1) is 12.5 Å². The van der Waals surface area contributed by atoms with E-state index in [1.165, 1.54) is 6.42 Å². The van der Waals surface area contributed by atoms with Gasteiger partial charge in [-0.1, -0.05) is 25.0 Å². The van der Waals surface area contributed by atoms with E-state index in [4.69, 9.17) is 6.42 Å². The number of nitrogens with one attached hydrogen (secondary N) is 1. The Morgan fingerprint density at radius 2 is 1.94 bits per heavy atom. The molecule has 3 nitrogen and oxygen atoms in total. The molecule has 0 unspecified atom stereocenters. The second-order valence-corrected chi connectivity index (χ2v) is 5.03. The topological polar surface area (TPSA) is 32.3 Å². The highest BCUT2D eigenvalue weighted by atomic mass is 16.2. The zero-order chi connectivity index (χ0) is 12.6. The SMILES string of the molecule is C#CN1c2ccccc2C(=O)NC12CCCCC2. The van der Waals surface area contributed by atoms with E-state index >= 15 is 0 Å². The fourth-order valence-corrected chi connectivity index (χ4v) is 3.10.